The quantitative estimate of drug-likeness (QED) is 0.361. The lowest BCUT2D eigenvalue weighted by molar-refractivity contribution is -0.277. The molecule has 1 heterocycles. The van der Waals surface area contributed by atoms with E-state index in [1.54, 1.807) is 7.11 Å². The molecule has 2 rings (SSSR count). The van der Waals surface area contributed by atoms with Crippen LogP contribution in [0.2, 0.25) is 0 Å². The lowest BCUT2D eigenvalue weighted by Gasteiger charge is -2.44. The Labute approximate surface area is 154 Å². The van der Waals surface area contributed by atoms with E-state index in [0.29, 0.717) is 26.4 Å². The van der Waals surface area contributed by atoms with Crippen molar-refractivity contribution in [2.75, 3.05) is 26.9 Å². The number of hydrogen-bond donors (Lipinski definition) is 0. The average Bonchev–Trinajstić information content (AvgIpc) is 2.66. The van der Waals surface area contributed by atoms with Gasteiger partial charge in [0.25, 0.3) is 0 Å². The van der Waals surface area contributed by atoms with Gasteiger partial charge in [0.2, 0.25) is 0 Å². The number of methoxy groups -OCH3 is 1. The minimum Gasteiger partial charge on any atom is -0.376 e. The predicted octanol–water partition coefficient (Wildman–Crippen LogP) is 3.06. The van der Waals surface area contributed by atoms with Crippen molar-refractivity contribution in [1.82, 2.24) is 0 Å². The smallest absolute Gasteiger partial charge is 0.169 e. The maximum Gasteiger partial charge on any atom is 0.169 e. The Morgan fingerprint density at radius 1 is 1.12 bits per heavy atom. The Morgan fingerprint density at radius 3 is 2.46 bits per heavy atom. The second kappa shape index (κ2) is 11.1. The molecule has 0 N–H and O–H groups in total. The summed E-state index contributed by atoms with van der Waals surface area (Å²) < 4.78 is 28.9. The molecule has 144 valence electrons. The van der Waals surface area contributed by atoms with Gasteiger partial charge in [-0.2, -0.15) is 0 Å². The largest absolute Gasteiger partial charge is 0.376 e. The van der Waals surface area contributed by atoms with Crippen molar-refractivity contribution >= 4 is 0 Å². The molecule has 3 unspecified atom stereocenters. The summed E-state index contributed by atoms with van der Waals surface area (Å²) in [6, 6.07) is 9.26. The van der Waals surface area contributed by atoms with Crippen LogP contribution in [0.5, 0.6) is 0 Å². The fraction of sp³-hybridized carbons (Fsp3) is 0.667. The van der Waals surface area contributed by atoms with Crippen LogP contribution in [0, 0.1) is 0 Å². The van der Waals surface area contributed by atoms with Crippen LogP contribution in [0.25, 0.3) is 10.4 Å². The Kier molecular flexibility index (Phi) is 8.84. The fourth-order valence-corrected chi connectivity index (χ4v) is 3.05. The van der Waals surface area contributed by atoms with Gasteiger partial charge in [-0.05, 0) is 24.9 Å². The molecule has 1 aromatic carbocycles. The number of nitrogens with zero attached hydrogens (tertiary/aromatic N) is 3. The van der Waals surface area contributed by atoms with E-state index in [9.17, 15) is 0 Å². The van der Waals surface area contributed by atoms with E-state index in [-0.39, 0.29) is 0 Å². The third kappa shape index (κ3) is 5.41. The first-order valence-electron chi connectivity index (χ1n) is 8.82. The minimum atomic E-state index is -0.704. The molecule has 0 aromatic heterocycles. The van der Waals surface area contributed by atoms with Crippen molar-refractivity contribution in [3.63, 3.8) is 0 Å². The summed E-state index contributed by atoms with van der Waals surface area (Å²) in [6.45, 7) is 5.40. The molecular formula is C18H27N3O5. The zero-order chi connectivity index (χ0) is 18.8. The van der Waals surface area contributed by atoms with E-state index >= 15 is 0 Å². The summed E-state index contributed by atoms with van der Waals surface area (Å²) in [6.07, 6.45) is -2.01. The fourth-order valence-electron chi connectivity index (χ4n) is 3.05. The van der Waals surface area contributed by atoms with Gasteiger partial charge in [-0.25, -0.2) is 0 Å². The van der Waals surface area contributed by atoms with Crippen LogP contribution in [0.15, 0.2) is 35.4 Å². The summed E-state index contributed by atoms with van der Waals surface area (Å²) in [7, 11) is 1.58. The molecule has 0 amide bonds. The third-order valence-electron chi connectivity index (χ3n) is 4.16. The van der Waals surface area contributed by atoms with E-state index in [1.165, 1.54) is 0 Å². The molecule has 1 saturated heterocycles. The summed E-state index contributed by atoms with van der Waals surface area (Å²) in [5.74, 6) is 0. The molecule has 0 saturated carbocycles. The summed E-state index contributed by atoms with van der Waals surface area (Å²) >= 11 is 0. The van der Waals surface area contributed by atoms with Crippen LogP contribution >= 0.6 is 0 Å². The van der Waals surface area contributed by atoms with Gasteiger partial charge in [-0.1, -0.05) is 35.4 Å². The minimum absolute atomic E-state index is 0.309. The van der Waals surface area contributed by atoms with Gasteiger partial charge in [0.05, 0.1) is 19.3 Å². The highest BCUT2D eigenvalue weighted by Gasteiger charge is 2.47. The number of rotatable bonds is 10. The first kappa shape index (κ1) is 20.6. The number of benzene rings is 1. The molecule has 1 aliphatic heterocycles. The Hall–Kier alpha value is -1.67. The normalized spacial score (nSPS) is 28.5. The van der Waals surface area contributed by atoms with Crippen LogP contribution in [-0.2, 0) is 30.3 Å². The predicted molar refractivity (Wildman–Crippen MR) is 95.5 cm³/mol. The molecular weight excluding hydrogens is 338 g/mol. The second-order valence-corrected chi connectivity index (χ2v) is 5.81. The SMILES string of the molecule is CCOC1OC(COCc2ccccc2)[C@H](OC)[C@H](OCC)C1N=[N+]=[N-]. The number of hydrogen-bond acceptors (Lipinski definition) is 6. The number of azide groups is 1. The lowest BCUT2D eigenvalue weighted by Crippen LogP contribution is -2.60. The standard InChI is InChI=1S/C18H27N3O5/c1-4-24-17-15(20-21-19)18(25-5-2)26-14(16(17)22-3)12-23-11-13-9-7-6-8-10-13/h6-10,14-18H,4-5,11-12H2,1-3H3/t14?,15?,16-,17+,18?/m0/s1. The van der Waals surface area contributed by atoms with Crippen LogP contribution < -0.4 is 0 Å². The molecule has 8 nitrogen and oxygen atoms in total. The topological polar surface area (TPSA) is 94.9 Å². The Morgan fingerprint density at radius 2 is 1.85 bits per heavy atom. The van der Waals surface area contributed by atoms with Gasteiger partial charge in [0.1, 0.15) is 18.2 Å². The molecule has 0 radical (unpaired) electrons. The summed E-state index contributed by atoms with van der Waals surface area (Å²) in [4.78, 5) is 2.92. The van der Waals surface area contributed by atoms with Gasteiger partial charge < -0.3 is 23.7 Å². The lowest BCUT2D eigenvalue weighted by atomic mass is 9.97. The average molecular weight is 365 g/mol. The maximum absolute atomic E-state index is 8.91. The highest BCUT2D eigenvalue weighted by molar-refractivity contribution is 5.13. The van der Waals surface area contributed by atoms with Gasteiger partial charge in [-0.15, -0.1) is 0 Å². The van der Waals surface area contributed by atoms with Gasteiger partial charge in [0, 0.05) is 25.2 Å². The molecule has 1 aliphatic rings. The van der Waals surface area contributed by atoms with Crippen LogP contribution in [0.1, 0.15) is 19.4 Å². The Balaban J connectivity index is 2.08. The van der Waals surface area contributed by atoms with Gasteiger partial charge in [0.15, 0.2) is 6.29 Å². The van der Waals surface area contributed by atoms with E-state index in [0.717, 1.165) is 5.56 Å². The molecule has 1 aromatic rings. The molecule has 8 heteroatoms. The van der Waals surface area contributed by atoms with Crippen LogP contribution in [-0.4, -0.2) is 57.6 Å². The van der Waals surface area contributed by atoms with Crippen LogP contribution in [0.3, 0.4) is 0 Å². The summed E-state index contributed by atoms with van der Waals surface area (Å²) in [5.41, 5.74) is 9.98. The summed E-state index contributed by atoms with van der Waals surface area (Å²) in [5, 5.41) is 3.83. The zero-order valence-corrected chi connectivity index (χ0v) is 15.5. The molecule has 26 heavy (non-hydrogen) atoms. The van der Waals surface area contributed by atoms with Gasteiger partial charge in [-0.3, -0.25) is 0 Å². The Bertz CT molecular complexity index is 567. The first-order chi connectivity index (χ1) is 12.7. The van der Waals surface area contributed by atoms with E-state index < -0.39 is 30.6 Å². The monoisotopic (exact) mass is 365 g/mol. The molecule has 5 atom stereocenters. The highest BCUT2D eigenvalue weighted by Crippen LogP contribution is 2.29. The third-order valence-corrected chi connectivity index (χ3v) is 4.16. The van der Waals surface area contributed by atoms with Crippen molar-refractivity contribution < 1.29 is 23.7 Å². The van der Waals surface area contributed by atoms with E-state index in [4.69, 9.17) is 29.2 Å². The van der Waals surface area contributed by atoms with Crippen molar-refractivity contribution in [1.29, 1.82) is 0 Å². The van der Waals surface area contributed by atoms with Crippen LogP contribution in [0.4, 0.5) is 0 Å². The second-order valence-electron chi connectivity index (χ2n) is 5.81. The number of ether oxygens (including phenoxy) is 5. The maximum atomic E-state index is 8.91. The zero-order valence-electron chi connectivity index (χ0n) is 15.5. The molecule has 0 spiro atoms. The van der Waals surface area contributed by atoms with Crippen molar-refractivity contribution in [2.45, 2.75) is 51.1 Å². The van der Waals surface area contributed by atoms with Crippen molar-refractivity contribution in [3.05, 3.63) is 46.3 Å². The van der Waals surface area contributed by atoms with Crippen molar-refractivity contribution in [3.8, 4) is 0 Å². The molecule has 0 bridgehead atoms. The first-order valence-corrected chi connectivity index (χ1v) is 8.82. The van der Waals surface area contributed by atoms with E-state index in [2.05, 4.69) is 10.0 Å². The van der Waals surface area contributed by atoms with E-state index in [1.807, 2.05) is 44.2 Å². The highest BCUT2D eigenvalue weighted by atomic mass is 16.7. The molecule has 1 fully saturated rings. The molecule has 0 aliphatic carbocycles. The van der Waals surface area contributed by atoms with Crippen molar-refractivity contribution in [2.24, 2.45) is 5.11 Å². The van der Waals surface area contributed by atoms with Gasteiger partial charge >= 0.3 is 0 Å².